The van der Waals surface area contributed by atoms with Crippen molar-refractivity contribution >= 4 is 21.6 Å². The lowest BCUT2D eigenvalue weighted by atomic mass is 10.1. The van der Waals surface area contributed by atoms with Crippen LogP contribution in [0.5, 0.6) is 11.5 Å². The van der Waals surface area contributed by atoms with Crippen molar-refractivity contribution < 1.29 is 14.0 Å². The summed E-state index contributed by atoms with van der Waals surface area (Å²) in [7, 11) is 3.17. The molecule has 0 radical (unpaired) electrons. The van der Waals surface area contributed by atoms with Gasteiger partial charge in [0.1, 0.15) is 16.3 Å². The highest BCUT2D eigenvalue weighted by Crippen LogP contribution is 2.36. The van der Waals surface area contributed by atoms with Gasteiger partial charge >= 0.3 is 0 Å². The number of hydrogen-bond donors (Lipinski definition) is 0. The minimum absolute atomic E-state index is 0.119. The van der Waals surface area contributed by atoms with Crippen molar-refractivity contribution in [3.63, 3.8) is 0 Å². The molecule has 0 bridgehead atoms. The van der Waals surface area contributed by atoms with Crippen molar-refractivity contribution in [1.82, 2.24) is 14.7 Å². The van der Waals surface area contributed by atoms with Crippen LogP contribution in [0.4, 0.5) is 0 Å². The van der Waals surface area contributed by atoms with Crippen LogP contribution in [0.3, 0.4) is 0 Å². The Bertz CT molecular complexity index is 1180. The molecule has 7 nitrogen and oxygen atoms in total. The Morgan fingerprint density at radius 3 is 2.70 bits per heavy atom. The molecule has 3 heterocycles. The van der Waals surface area contributed by atoms with E-state index < -0.39 is 0 Å². The molecule has 0 amide bonds. The minimum Gasteiger partial charge on any atom is -0.493 e. The third-order valence-electron chi connectivity index (χ3n) is 4.26. The van der Waals surface area contributed by atoms with Gasteiger partial charge in [0, 0.05) is 17.0 Å². The number of aromatic nitrogens is 3. The van der Waals surface area contributed by atoms with Crippen LogP contribution >= 0.6 is 11.3 Å². The predicted molar refractivity (Wildman–Crippen MR) is 103 cm³/mol. The molecule has 0 aliphatic heterocycles. The van der Waals surface area contributed by atoms with Crippen LogP contribution in [0.25, 0.3) is 21.3 Å². The summed E-state index contributed by atoms with van der Waals surface area (Å²) in [5.41, 5.74) is 2.25. The number of fused-ring (bicyclic) bond motifs is 1. The van der Waals surface area contributed by atoms with E-state index in [2.05, 4.69) is 10.1 Å². The first kappa shape index (κ1) is 17.3. The molecular weight excluding hydrogens is 366 g/mol. The highest BCUT2D eigenvalue weighted by molar-refractivity contribution is 7.17. The van der Waals surface area contributed by atoms with Gasteiger partial charge in [-0.3, -0.25) is 9.36 Å². The average molecular weight is 383 g/mol. The lowest BCUT2D eigenvalue weighted by Crippen LogP contribution is -2.21. The van der Waals surface area contributed by atoms with E-state index in [4.69, 9.17) is 14.0 Å². The first-order valence-electron chi connectivity index (χ1n) is 8.22. The van der Waals surface area contributed by atoms with Crippen molar-refractivity contribution in [2.45, 2.75) is 13.5 Å². The number of hydrogen-bond acceptors (Lipinski definition) is 7. The van der Waals surface area contributed by atoms with Gasteiger partial charge in [-0.25, -0.2) is 4.98 Å². The Morgan fingerprint density at radius 2 is 2.00 bits per heavy atom. The van der Waals surface area contributed by atoms with Crippen LogP contribution < -0.4 is 15.0 Å². The summed E-state index contributed by atoms with van der Waals surface area (Å²) in [6.45, 7) is 2.12. The highest BCUT2D eigenvalue weighted by atomic mass is 32.1. The number of nitrogens with zero attached hydrogens (tertiary/aromatic N) is 3. The molecule has 1 aromatic carbocycles. The molecule has 138 valence electrons. The standard InChI is InChI=1S/C19H17N3O4S/c1-11-6-13(21-26-11)8-22-10-20-18-17(19(22)23)14(9-27-18)12-4-5-15(24-2)16(7-12)25-3/h4-7,9-10H,8H2,1-3H3. The number of benzene rings is 1. The molecule has 0 spiro atoms. The fourth-order valence-electron chi connectivity index (χ4n) is 2.96. The lowest BCUT2D eigenvalue weighted by Gasteiger charge is -2.09. The fraction of sp³-hybridized carbons (Fsp3) is 0.211. The number of aryl methyl sites for hydroxylation is 1. The van der Waals surface area contributed by atoms with Gasteiger partial charge in [-0.1, -0.05) is 11.2 Å². The SMILES string of the molecule is COc1ccc(-c2csc3ncn(Cc4cc(C)on4)c(=O)c23)cc1OC. The van der Waals surface area contributed by atoms with Crippen molar-refractivity contribution in [2.24, 2.45) is 0 Å². The molecule has 8 heteroatoms. The molecule has 3 aromatic heterocycles. The van der Waals surface area contributed by atoms with E-state index in [1.165, 1.54) is 15.9 Å². The maximum absolute atomic E-state index is 13.1. The zero-order valence-corrected chi connectivity index (χ0v) is 15.9. The van der Waals surface area contributed by atoms with Gasteiger partial charge in [0.05, 0.1) is 32.5 Å². The van der Waals surface area contributed by atoms with Crippen LogP contribution in [-0.4, -0.2) is 28.9 Å². The molecule has 27 heavy (non-hydrogen) atoms. The maximum atomic E-state index is 13.1. The van der Waals surface area contributed by atoms with Gasteiger partial charge in [-0.05, 0) is 24.6 Å². The maximum Gasteiger partial charge on any atom is 0.263 e. The quantitative estimate of drug-likeness (QED) is 0.525. The zero-order chi connectivity index (χ0) is 19.0. The molecule has 4 rings (SSSR count). The summed E-state index contributed by atoms with van der Waals surface area (Å²) in [5.74, 6) is 1.95. The summed E-state index contributed by atoms with van der Waals surface area (Å²) in [4.78, 5) is 18.2. The topological polar surface area (TPSA) is 79.4 Å². The minimum atomic E-state index is -0.119. The predicted octanol–water partition coefficient (Wildman–Crippen LogP) is 3.49. The Balaban J connectivity index is 1.83. The number of ether oxygens (including phenoxy) is 2. The molecule has 0 saturated heterocycles. The third kappa shape index (κ3) is 3.08. The molecule has 0 aliphatic rings. The van der Waals surface area contributed by atoms with E-state index in [1.807, 2.05) is 30.5 Å². The summed E-state index contributed by atoms with van der Waals surface area (Å²) in [6.07, 6.45) is 1.55. The van der Waals surface area contributed by atoms with Crippen LogP contribution in [0.1, 0.15) is 11.5 Å². The molecule has 0 N–H and O–H groups in total. The summed E-state index contributed by atoms with van der Waals surface area (Å²) < 4.78 is 17.3. The van der Waals surface area contributed by atoms with Gasteiger partial charge < -0.3 is 14.0 Å². The Labute approximate surface area is 158 Å². The second-order valence-electron chi connectivity index (χ2n) is 6.01. The number of thiophene rings is 1. The van der Waals surface area contributed by atoms with Crippen molar-refractivity contribution in [3.8, 4) is 22.6 Å². The van der Waals surface area contributed by atoms with Crippen LogP contribution in [-0.2, 0) is 6.54 Å². The van der Waals surface area contributed by atoms with Crippen molar-refractivity contribution in [3.05, 3.63) is 57.8 Å². The van der Waals surface area contributed by atoms with E-state index in [-0.39, 0.29) is 5.56 Å². The largest absolute Gasteiger partial charge is 0.493 e. The van der Waals surface area contributed by atoms with Gasteiger partial charge in [-0.2, -0.15) is 0 Å². The van der Waals surface area contributed by atoms with E-state index in [9.17, 15) is 4.79 Å². The van der Waals surface area contributed by atoms with E-state index in [1.54, 1.807) is 26.6 Å². The van der Waals surface area contributed by atoms with E-state index >= 15 is 0 Å². The summed E-state index contributed by atoms with van der Waals surface area (Å²) in [6, 6.07) is 7.39. The fourth-order valence-corrected chi connectivity index (χ4v) is 3.87. The molecule has 4 aromatic rings. The highest BCUT2D eigenvalue weighted by Gasteiger charge is 2.16. The Hall–Kier alpha value is -3.13. The second-order valence-corrected chi connectivity index (χ2v) is 6.86. The smallest absolute Gasteiger partial charge is 0.263 e. The van der Waals surface area contributed by atoms with Gasteiger partial charge in [-0.15, -0.1) is 11.3 Å². The third-order valence-corrected chi connectivity index (χ3v) is 5.15. The molecule has 0 atom stereocenters. The molecule has 0 fully saturated rings. The molecule has 0 saturated carbocycles. The number of methoxy groups -OCH3 is 2. The molecule has 0 unspecified atom stereocenters. The molecular formula is C19H17N3O4S. The van der Waals surface area contributed by atoms with Crippen molar-refractivity contribution in [2.75, 3.05) is 14.2 Å². The molecule has 0 aliphatic carbocycles. The Morgan fingerprint density at radius 1 is 1.19 bits per heavy atom. The zero-order valence-electron chi connectivity index (χ0n) is 15.1. The van der Waals surface area contributed by atoms with Crippen LogP contribution in [0.15, 0.2) is 45.3 Å². The average Bonchev–Trinajstić information content (AvgIpc) is 3.30. The van der Waals surface area contributed by atoms with Crippen LogP contribution in [0, 0.1) is 6.92 Å². The van der Waals surface area contributed by atoms with Crippen molar-refractivity contribution in [1.29, 1.82) is 0 Å². The first-order valence-corrected chi connectivity index (χ1v) is 9.10. The van der Waals surface area contributed by atoms with Gasteiger partial charge in [0.25, 0.3) is 5.56 Å². The summed E-state index contributed by atoms with van der Waals surface area (Å²) in [5, 5.41) is 6.47. The van der Waals surface area contributed by atoms with E-state index in [0.717, 1.165) is 11.1 Å². The monoisotopic (exact) mass is 383 g/mol. The van der Waals surface area contributed by atoms with Gasteiger partial charge in [0.15, 0.2) is 11.5 Å². The van der Waals surface area contributed by atoms with Gasteiger partial charge in [0.2, 0.25) is 0 Å². The first-order chi connectivity index (χ1) is 13.1. The second kappa shape index (κ2) is 6.88. The normalized spacial score (nSPS) is 11.1. The Kier molecular flexibility index (Phi) is 4.41. The summed E-state index contributed by atoms with van der Waals surface area (Å²) >= 11 is 1.43. The van der Waals surface area contributed by atoms with E-state index in [0.29, 0.717) is 39.7 Å². The van der Waals surface area contributed by atoms with Crippen LogP contribution in [0.2, 0.25) is 0 Å². The lowest BCUT2D eigenvalue weighted by molar-refractivity contribution is 0.355. The number of rotatable bonds is 5.